The van der Waals surface area contributed by atoms with Crippen molar-refractivity contribution in [2.75, 3.05) is 0 Å². The van der Waals surface area contributed by atoms with Crippen molar-refractivity contribution in [1.82, 2.24) is 0 Å². The van der Waals surface area contributed by atoms with Gasteiger partial charge in [-0.1, -0.05) is 0 Å². The Bertz CT molecular complexity index is 160. The maximum absolute atomic E-state index is 11.7. The lowest BCUT2D eigenvalue weighted by Gasteiger charge is -2.20. The molecule has 0 saturated carbocycles. The topological polar surface area (TPSA) is 63.4 Å². The summed E-state index contributed by atoms with van der Waals surface area (Å²) < 4.78 is 23.5. The Kier molecular flexibility index (Phi) is 2.86. The Morgan fingerprint density at radius 2 is 1.91 bits per heavy atom. The van der Waals surface area contributed by atoms with E-state index in [2.05, 4.69) is 0 Å². The maximum atomic E-state index is 11.7. The lowest BCUT2D eigenvalue weighted by molar-refractivity contribution is -0.576. The Hall–Kier alpha value is -0.780. The summed E-state index contributed by atoms with van der Waals surface area (Å²) in [7, 11) is 0. The van der Waals surface area contributed by atoms with Crippen molar-refractivity contribution in [1.29, 1.82) is 0 Å². The van der Waals surface area contributed by atoms with Crippen LogP contribution in [0.3, 0.4) is 0 Å². The van der Waals surface area contributed by atoms with Crippen molar-refractivity contribution in [2.24, 2.45) is 0 Å². The zero-order chi connectivity index (χ0) is 9.23. The summed E-state index contributed by atoms with van der Waals surface area (Å²) in [5, 5.41) is 18.7. The Morgan fingerprint density at radius 1 is 1.55 bits per heavy atom. The first kappa shape index (κ1) is 10.2. The third-order valence-corrected chi connectivity index (χ3v) is 1.43. The fourth-order valence-corrected chi connectivity index (χ4v) is 0.416. The molecule has 0 aliphatic carbocycles. The minimum Gasteiger partial charge on any atom is -0.380 e. The SMILES string of the molecule is CC(C)(C(O)C(F)F)[N+](=O)[O-]. The number of rotatable bonds is 3. The largest absolute Gasteiger partial charge is 0.380 e. The van der Waals surface area contributed by atoms with Gasteiger partial charge in [-0.25, -0.2) is 8.78 Å². The number of nitro groups is 1. The lowest BCUT2D eigenvalue weighted by atomic mass is 9.99. The second-order valence-corrected chi connectivity index (χ2v) is 2.69. The van der Waals surface area contributed by atoms with Gasteiger partial charge in [0, 0.05) is 18.8 Å². The first-order valence-corrected chi connectivity index (χ1v) is 2.91. The first-order valence-electron chi connectivity index (χ1n) is 2.91. The van der Waals surface area contributed by atoms with Gasteiger partial charge >= 0.3 is 0 Å². The standard InChI is InChI=1S/C5H9F2NO3/c1-5(2,8(10)11)3(9)4(6)7/h3-4,9H,1-2H3. The molecule has 0 fully saturated rings. The second kappa shape index (κ2) is 3.08. The van der Waals surface area contributed by atoms with Crippen molar-refractivity contribution in [3.05, 3.63) is 10.1 Å². The first-order chi connectivity index (χ1) is 4.80. The van der Waals surface area contributed by atoms with Crippen molar-refractivity contribution in [2.45, 2.75) is 31.9 Å². The molecule has 1 atom stereocenters. The number of nitrogens with zero attached hydrogens (tertiary/aromatic N) is 1. The molecule has 66 valence electrons. The summed E-state index contributed by atoms with van der Waals surface area (Å²) >= 11 is 0. The molecule has 0 heterocycles. The molecule has 0 aromatic carbocycles. The zero-order valence-electron chi connectivity index (χ0n) is 6.12. The Morgan fingerprint density at radius 3 is 2.00 bits per heavy atom. The van der Waals surface area contributed by atoms with Crippen LogP contribution < -0.4 is 0 Å². The Labute approximate surface area is 62.0 Å². The van der Waals surface area contributed by atoms with Gasteiger partial charge in [-0.05, 0) is 0 Å². The van der Waals surface area contributed by atoms with Gasteiger partial charge < -0.3 is 5.11 Å². The number of alkyl halides is 2. The van der Waals surface area contributed by atoms with Crippen molar-refractivity contribution in [3.8, 4) is 0 Å². The van der Waals surface area contributed by atoms with Crippen LogP contribution in [-0.4, -0.2) is 28.1 Å². The average Bonchev–Trinajstić information content (AvgIpc) is 1.85. The van der Waals surface area contributed by atoms with Crippen LogP contribution in [0, 0.1) is 10.1 Å². The van der Waals surface area contributed by atoms with Crippen LogP contribution in [0.4, 0.5) is 8.78 Å². The monoisotopic (exact) mass is 169 g/mol. The molecule has 0 aromatic rings. The minimum absolute atomic E-state index is 0.927. The van der Waals surface area contributed by atoms with Crippen LogP contribution in [0.2, 0.25) is 0 Å². The number of hydrogen-bond acceptors (Lipinski definition) is 3. The van der Waals surface area contributed by atoms with Crippen molar-refractivity contribution >= 4 is 0 Å². The molecule has 0 rings (SSSR count). The van der Waals surface area contributed by atoms with Crippen LogP contribution in [-0.2, 0) is 0 Å². The molecule has 0 saturated heterocycles. The highest BCUT2D eigenvalue weighted by atomic mass is 19.3. The summed E-state index contributed by atoms with van der Waals surface area (Å²) in [6.07, 6.45) is -5.31. The fraction of sp³-hybridized carbons (Fsp3) is 1.00. The Balaban J connectivity index is 4.42. The predicted octanol–water partition coefficient (Wildman–Crippen LogP) is 0.668. The molecule has 6 heteroatoms. The van der Waals surface area contributed by atoms with Gasteiger partial charge in [0.1, 0.15) is 0 Å². The van der Waals surface area contributed by atoms with Gasteiger partial charge in [-0.3, -0.25) is 10.1 Å². The number of halogens is 2. The van der Waals surface area contributed by atoms with Crippen LogP contribution in [0.1, 0.15) is 13.8 Å². The van der Waals surface area contributed by atoms with E-state index in [1.807, 2.05) is 0 Å². The quantitative estimate of drug-likeness (QED) is 0.498. The molecule has 0 aromatic heterocycles. The van der Waals surface area contributed by atoms with Crippen LogP contribution in [0.5, 0.6) is 0 Å². The molecule has 0 radical (unpaired) electrons. The van der Waals surface area contributed by atoms with E-state index in [0.717, 1.165) is 13.8 Å². The summed E-state index contributed by atoms with van der Waals surface area (Å²) in [6, 6.07) is 0. The third-order valence-electron chi connectivity index (χ3n) is 1.43. The molecule has 1 unspecified atom stereocenters. The van der Waals surface area contributed by atoms with Crippen LogP contribution in [0.25, 0.3) is 0 Å². The number of aliphatic hydroxyl groups excluding tert-OH is 1. The van der Waals surface area contributed by atoms with Gasteiger partial charge in [-0.15, -0.1) is 0 Å². The maximum Gasteiger partial charge on any atom is 0.271 e. The molecular formula is C5H9F2NO3. The summed E-state index contributed by atoms with van der Waals surface area (Å²) in [6.45, 7) is 1.90. The lowest BCUT2D eigenvalue weighted by Crippen LogP contribution is -2.47. The summed E-state index contributed by atoms with van der Waals surface area (Å²) in [4.78, 5) is 9.15. The zero-order valence-corrected chi connectivity index (χ0v) is 6.12. The van der Waals surface area contributed by atoms with E-state index >= 15 is 0 Å². The fourth-order valence-electron chi connectivity index (χ4n) is 0.416. The highest BCUT2D eigenvalue weighted by Gasteiger charge is 2.45. The highest BCUT2D eigenvalue weighted by molar-refractivity contribution is 4.79. The van der Waals surface area contributed by atoms with E-state index in [9.17, 15) is 18.9 Å². The molecule has 11 heavy (non-hydrogen) atoms. The van der Waals surface area contributed by atoms with Crippen LogP contribution >= 0.6 is 0 Å². The second-order valence-electron chi connectivity index (χ2n) is 2.69. The van der Waals surface area contributed by atoms with Gasteiger partial charge in [0.2, 0.25) is 5.54 Å². The molecular weight excluding hydrogens is 160 g/mol. The molecule has 4 nitrogen and oxygen atoms in total. The van der Waals surface area contributed by atoms with E-state index in [4.69, 9.17) is 5.11 Å². The normalized spacial score (nSPS) is 15.1. The number of aliphatic hydroxyl groups is 1. The van der Waals surface area contributed by atoms with E-state index in [1.54, 1.807) is 0 Å². The molecule has 1 N–H and O–H groups in total. The summed E-state index contributed by atoms with van der Waals surface area (Å²) in [5.74, 6) is 0. The average molecular weight is 169 g/mol. The predicted molar refractivity (Wildman–Crippen MR) is 33.1 cm³/mol. The van der Waals surface area contributed by atoms with E-state index < -0.39 is 23.0 Å². The third kappa shape index (κ3) is 2.07. The van der Waals surface area contributed by atoms with E-state index in [1.165, 1.54) is 0 Å². The molecule has 0 amide bonds. The van der Waals surface area contributed by atoms with Crippen molar-refractivity contribution < 1.29 is 18.8 Å². The highest BCUT2D eigenvalue weighted by Crippen LogP contribution is 2.18. The molecule has 0 bridgehead atoms. The van der Waals surface area contributed by atoms with Gasteiger partial charge in [-0.2, -0.15) is 0 Å². The van der Waals surface area contributed by atoms with Gasteiger partial charge in [0.05, 0.1) is 0 Å². The number of hydrogen-bond donors (Lipinski definition) is 1. The summed E-state index contributed by atoms with van der Waals surface area (Å²) in [5.41, 5.74) is -1.99. The molecule has 0 aliphatic rings. The molecule has 0 aliphatic heterocycles. The smallest absolute Gasteiger partial charge is 0.271 e. The van der Waals surface area contributed by atoms with E-state index in [-0.39, 0.29) is 0 Å². The molecule has 0 spiro atoms. The van der Waals surface area contributed by atoms with E-state index in [0.29, 0.717) is 0 Å². The van der Waals surface area contributed by atoms with Crippen LogP contribution in [0.15, 0.2) is 0 Å². The van der Waals surface area contributed by atoms with Gasteiger partial charge in [0.15, 0.2) is 6.10 Å². The van der Waals surface area contributed by atoms with Crippen molar-refractivity contribution in [3.63, 3.8) is 0 Å². The van der Waals surface area contributed by atoms with Gasteiger partial charge in [0.25, 0.3) is 6.43 Å². The minimum atomic E-state index is -3.09.